The van der Waals surface area contributed by atoms with Gasteiger partial charge in [-0.3, -0.25) is 10.1 Å². The molecule has 1 N–H and O–H groups in total. The van der Waals surface area contributed by atoms with Crippen molar-refractivity contribution in [2.75, 3.05) is 11.1 Å². The van der Waals surface area contributed by atoms with E-state index in [2.05, 4.69) is 44.9 Å². The Kier molecular flexibility index (Phi) is 6.91. The number of nitrogens with one attached hydrogen (secondary N) is 1. The first-order chi connectivity index (χ1) is 15.8. The second-order valence-electron chi connectivity index (χ2n) is 7.11. The van der Waals surface area contributed by atoms with E-state index in [9.17, 15) is 13.2 Å². The Hall–Kier alpha value is -3.02. The molecule has 11 heteroatoms. The molecule has 0 atom stereocenters. The number of anilines is 1. The number of carbonyl (C=O) groups is 1. The third-order valence-electron chi connectivity index (χ3n) is 4.73. The van der Waals surface area contributed by atoms with E-state index in [1.54, 1.807) is 30.8 Å². The highest BCUT2D eigenvalue weighted by Crippen LogP contribution is 2.29. The molecule has 0 saturated heterocycles. The van der Waals surface area contributed by atoms with Gasteiger partial charge in [0.15, 0.2) is 25.6 Å². The van der Waals surface area contributed by atoms with Crippen LogP contribution in [0.2, 0.25) is 0 Å². The first kappa shape index (κ1) is 23.1. The van der Waals surface area contributed by atoms with Gasteiger partial charge in [-0.2, -0.15) is 0 Å². The Morgan fingerprint density at radius 3 is 2.52 bits per heavy atom. The topological polar surface area (TPSA) is 115 Å². The minimum absolute atomic E-state index is 0.0246. The summed E-state index contributed by atoms with van der Waals surface area (Å²) in [7, 11) is -3.28. The van der Waals surface area contributed by atoms with E-state index < -0.39 is 15.7 Å². The van der Waals surface area contributed by atoms with E-state index >= 15 is 0 Å². The van der Waals surface area contributed by atoms with Crippen molar-refractivity contribution in [3.8, 4) is 11.3 Å². The van der Waals surface area contributed by atoms with Crippen molar-refractivity contribution in [2.45, 2.75) is 28.8 Å². The van der Waals surface area contributed by atoms with Gasteiger partial charge in [-0.15, -0.1) is 10.2 Å². The van der Waals surface area contributed by atoms with Crippen LogP contribution < -0.4 is 5.32 Å². The van der Waals surface area contributed by atoms with E-state index in [0.29, 0.717) is 16.5 Å². The molecule has 0 radical (unpaired) electrons. The highest BCUT2D eigenvalue weighted by molar-refractivity contribution is 8.00. The first-order valence-electron chi connectivity index (χ1n) is 9.97. The summed E-state index contributed by atoms with van der Waals surface area (Å²) < 4.78 is 29.9. The Labute approximate surface area is 199 Å². The summed E-state index contributed by atoms with van der Waals surface area (Å²) in [5, 5.41) is 15.0. The van der Waals surface area contributed by atoms with Crippen LogP contribution in [0.1, 0.15) is 28.5 Å². The third-order valence-corrected chi connectivity index (χ3v) is 8.52. The van der Waals surface area contributed by atoms with Gasteiger partial charge in [-0.05, 0) is 36.8 Å². The second-order valence-corrected chi connectivity index (χ2v) is 11.6. The van der Waals surface area contributed by atoms with Crippen LogP contribution in [0, 0.1) is 6.92 Å². The number of sulfone groups is 1. The minimum atomic E-state index is -3.28. The van der Waals surface area contributed by atoms with Gasteiger partial charge in [-0.1, -0.05) is 65.0 Å². The van der Waals surface area contributed by atoms with Crippen molar-refractivity contribution in [2.24, 2.45) is 0 Å². The van der Waals surface area contributed by atoms with Crippen LogP contribution in [0.15, 0.2) is 68.4 Å². The molecular formula is C22H20N4O4S3. The standard InChI is InChI=1S/C22H20N4O4S3/c1-3-33(28,29)17-10-8-16(9-11-17)19-12-18(26-30-19)20(27)23-21-24-25-22(32-21)31-13-15-6-4-14(2)5-7-15/h4-12H,3,13H2,1-2H3,(H,23,24,27). The van der Waals surface area contributed by atoms with Gasteiger partial charge in [0.1, 0.15) is 0 Å². The fraction of sp³-hybridized carbons (Fsp3) is 0.182. The summed E-state index contributed by atoms with van der Waals surface area (Å²) in [6.07, 6.45) is 0. The van der Waals surface area contributed by atoms with Gasteiger partial charge < -0.3 is 4.52 Å². The molecule has 0 spiro atoms. The summed E-state index contributed by atoms with van der Waals surface area (Å²) in [6.45, 7) is 3.64. The lowest BCUT2D eigenvalue weighted by molar-refractivity contribution is 0.101. The highest BCUT2D eigenvalue weighted by Gasteiger charge is 2.17. The number of hydrogen-bond acceptors (Lipinski definition) is 9. The molecule has 0 aliphatic heterocycles. The number of thioether (sulfide) groups is 1. The van der Waals surface area contributed by atoms with Gasteiger partial charge >= 0.3 is 0 Å². The minimum Gasteiger partial charge on any atom is -0.355 e. The molecule has 0 fully saturated rings. The lowest BCUT2D eigenvalue weighted by Gasteiger charge is -2.01. The molecule has 2 aromatic heterocycles. The van der Waals surface area contributed by atoms with Crippen molar-refractivity contribution in [1.82, 2.24) is 15.4 Å². The van der Waals surface area contributed by atoms with Crippen LogP contribution >= 0.6 is 23.1 Å². The predicted molar refractivity (Wildman–Crippen MR) is 128 cm³/mol. The molecule has 0 aliphatic rings. The Balaban J connectivity index is 1.37. The summed E-state index contributed by atoms with van der Waals surface area (Å²) in [5.41, 5.74) is 3.09. The zero-order valence-electron chi connectivity index (χ0n) is 17.8. The second kappa shape index (κ2) is 9.86. The number of hydrogen-bond donors (Lipinski definition) is 1. The Bertz CT molecular complexity index is 1360. The molecule has 0 aliphatic carbocycles. The lowest BCUT2D eigenvalue weighted by Crippen LogP contribution is -2.11. The fourth-order valence-corrected chi connectivity index (χ4v) is 5.41. The van der Waals surface area contributed by atoms with Crippen LogP contribution in [0.3, 0.4) is 0 Å². The number of aryl methyl sites for hydroxylation is 1. The molecule has 4 rings (SSSR count). The van der Waals surface area contributed by atoms with Crippen LogP contribution in [-0.4, -0.2) is 35.4 Å². The van der Waals surface area contributed by atoms with E-state index in [1.807, 2.05) is 6.92 Å². The summed E-state index contributed by atoms with van der Waals surface area (Å²) in [4.78, 5) is 12.8. The zero-order valence-corrected chi connectivity index (χ0v) is 20.3. The van der Waals surface area contributed by atoms with Gasteiger partial charge in [0, 0.05) is 17.4 Å². The summed E-state index contributed by atoms with van der Waals surface area (Å²) in [6, 6.07) is 16.0. The number of aromatic nitrogens is 3. The molecular weight excluding hydrogens is 480 g/mol. The number of rotatable bonds is 8. The van der Waals surface area contributed by atoms with Crippen LogP contribution in [0.4, 0.5) is 5.13 Å². The van der Waals surface area contributed by atoms with Crippen molar-refractivity contribution >= 4 is 44.0 Å². The molecule has 4 aromatic rings. The summed E-state index contributed by atoms with van der Waals surface area (Å²) >= 11 is 2.83. The molecule has 0 saturated carbocycles. The molecule has 1 amide bonds. The fourth-order valence-electron chi connectivity index (χ4n) is 2.82. The maximum atomic E-state index is 12.5. The van der Waals surface area contributed by atoms with Crippen molar-refractivity contribution in [3.05, 3.63) is 71.4 Å². The molecule has 170 valence electrons. The molecule has 8 nitrogen and oxygen atoms in total. The maximum Gasteiger partial charge on any atom is 0.279 e. The van der Waals surface area contributed by atoms with E-state index in [0.717, 1.165) is 10.1 Å². The zero-order chi connectivity index (χ0) is 23.4. The Morgan fingerprint density at radius 2 is 1.82 bits per heavy atom. The van der Waals surface area contributed by atoms with Gasteiger partial charge in [0.05, 0.1) is 10.6 Å². The SMILES string of the molecule is CCS(=O)(=O)c1ccc(-c2cc(C(=O)Nc3nnc(SCc4ccc(C)cc4)s3)no2)cc1. The molecule has 2 aromatic carbocycles. The van der Waals surface area contributed by atoms with Crippen LogP contribution in [0.5, 0.6) is 0 Å². The van der Waals surface area contributed by atoms with E-state index in [1.165, 1.54) is 40.7 Å². The smallest absolute Gasteiger partial charge is 0.279 e. The highest BCUT2D eigenvalue weighted by atomic mass is 32.2. The molecule has 0 bridgehead atoms. The monoisotopic (exact) mass is 500 g/mol. The normalized spacial score (nSPS) is 11.5. The number of nitrogens with zero attached hydrogens (tertiary/aromatic N) is 3. The van der Waals surface area contributed by atoms with Crippen LogP contribution in [0.25, 0.3) is 11.3 Å². The number of amides is 1. The predicted octanol–water partition coefficient (Wildman–Crippen LogP) is 4.84. The van der Waals surface area contributed by atoms with Crippen LogP contribution in [-0.2, 0) is 15.6 Å². The molecule has 0 unspecified atom stereocenters. The number of benzene rings is 2. The maximum absolute atomic E-state index is 12.5. The lowest BCUT2D eigenvalue weighted by atomic mass is 10.1. The van der Waals surface area contributed by atoms with Gasteiger partial charge in [0.2, 0.25) is 5.13 Å². The quantitative estimate of drug-likeness (QED) is 0.270. The van der Waals surface area contributed by atoms with E-state index in [4.69, 9.17) is 4.52 Å². The van der Waals surface area contributed by atoms with Gasteiger partial charge in [-0.25, -0.2) is 8.42 Å². The molecule has 33 heavy (non-hydrogen) atoms. The van der Waals surface area contributed by atoms with Crippen molar-refractivity contribution in [3.63, 3.8) is 0 Å². The van der Waals surface area contributed by atoms with Crippen molar-refractivity contribution < 1.29 is 17.7 Å². The van der Waals surface area contributed by atoms with Crippen molar-refractivity contribution in [1.29, 1.82) is 0 Å². The largest absolute Gasteiger partial charge is 0.355 e. The van der Waals surface area contributed by atoms with E-state index in [-0.39, 0.29) is 16.3 Å². The summed E-state index contributed by atoms with van der Waals surface area (Å²) in [5.74, 6) is 0.665. The Morgan fingerprint density at radius 1 is 1.09 bits per heavy atom. The molecule has 2 heterocycles. The average Bonchev–Trinajstić information content (AvgIpc) is 3.49. The van der Waals surface area contributed by atoms with Gasteiger partial charge in [0.25, 0.3) is 5.91 Å². The first-order valence-corrected chi connectivity index (χ1v) is 13.4. The third kappa shape index (κ3) is 5.67. The average molecular weight is 501 g/mol. The number of carbonyl (C=O) groups excluding carboxylic acids is 1.